The molecule has 0 saturated heterocycles. The molecular weight excluding hydrogens is 242 g/mol. The SMILES string of the molecule is CC1(C)CCC(c2nc(-c3nccc(N)n3)no2)C1. The average molecular weight is 259 g/mol. The minimum Gasteiger partial charge on any atom is -0.384 e. The van der Waals surface area contributed by atoms with E-state index in [2.05, 4.69) is 34.0 Å². The van der Waals surface area contributed by atoms with Crippen LogP contribution in [-0.2, 0) is 0 Å². The molecule has 0 radical (unpaired) electrons. The van der Waals surface area contributed by atoms with Crippen molar-refractivity contribution in [2.45, 2.75) is 39.0 Å². The van der Waals surface area contributed by atoms with Crippen molar-refractivity contribution >= 4 is 5.82 Å². The van der Waals surface area contributed by atoms with E-state index in [1.54, 1.807) is 12.3 Å². The van der Waals surface area contributed by atoms with Gasteiger partial charge in [-0.3, -0.25) is 0 Å². The van der Waals surface area contributed by atoms with Gasteiger partial charge in [0.2, 0.25) is 17.5 Å². The zero-order valence-electron chi connectivity index (χ0n) is 11.1. The fourth-order valence-corrected chi connectivity index (χ4v) is 2.62. The molecule has 0 spiro atoms. The van der Waals surface area contributed by atoms with E-state index in [0.29, 0.717) is 34.7 Å². The normalized spacial score (nSPS) is 21.7. The van der Waals surface area contributed by atoms with Crippen LogP contribution < -0.4 is 5.73 Å². The largest absolute Gasteiger partial charge is 0.384 e. The van der Waals surface area contributed by atoms with Crippen molar-refractivity contribution in [3.8, 4) is 11.6 Å². The fraction of sp³-hybridized carbons (Fsp3) is 0.538. The highest BCUT2D eigenvalue weighted by atomic mass is 16.5. The highest BCUT2D eigenvalue weighted by Gasteiger charge is 2.35. The number of hydrogen-bond acceptors (Lipinski definition) is 6. The quantitative estimate of drug-likeness (QED) is 0.890. The first-order valence-corrected chi connectivity index (χ1v) is 6.46. The standard InChI is InChI=1S/C13H17N5O/c1-13(2)5-3-8(7-13)12-17-11(18-19-12)10-15-6-4-9(14)16-10/h4,6,8H,3,5,7H2,1-2H3,(H2,14,15,16). The van der Waals surface area contributed by atoms with Crippen LogP contribution in [0, 0.1) is 5.41 Å². The number of nitrogens with two attached hydrogens (primary N) is 1. The molecule has 2 aromatic rings. The van der Waals surface area contributed by atoms with Gasteiger partial charge in [0.25, 0.3) is 0 Å². The third kappa shape index (κ3) is 2.43. The first kappa shape index (κ1) is 12.1. The molecule has 3 rings (SSSR count). The maximum absolute atomic E-state index is 5.62. The summed E-state index contributed by atoms with van der Waals surface area (Å²) in [5.41, 5.74) is 5.98. The lowest BCUT2D eigenvalue weighted by Crippen LogP contribution is -2.04. The van der Waals surface area contributed by atoms with Crippen LogP contribution in [-0.4, -0.2) is 20.1 Å². The summed E-state index contributed by atoms with van der Waals surface area (Å²) in [4.78, 5) is 12.6. The highest BCUT2D eigenvalue weighted by Crippen LogP contribution is 2.45. The summed E-state index contributed by atoms with van der Waals surface area (Å²) < 4.78 is 5.35. The molecule has 100 valence electrons. The molecule has 1 saturated carbocycles. The van der Waals surface area contributed by atoms with Gasteiger partial charge < -0.3 is 10.3 Å². The molecule has 2 heterocycles. The number of aromatic nitrogens is 4. The van der Waals surface area contributed by atoms with E-state index in [1.807, 2.05) is 0 Å². The van der Waals surface area contributed by atoms with Gasteiger partial charge in [0.1, 0.15) is 5.82 Å². The maximum atomic E-state index is 5.62. The lowest BCUT2D eigenvalue weighted by Gasteiger charge is -2.15. The van der Waals surface area contributed by atoms with Gasteiger partial charge in [-0.05, 0) is 30.7 Å². The molecule has 2 aromatic heterocycles. The molecule has 0 aromatic carbocycles. The van der Waals surface area contributed by atoms with Crippen LogP contribution in [0.4, 0.5) is 5.82 Å². The van der Waals surface area contributed by atoms with E-state index < -0.39 is 0 Å². The van der Waals surface area contributed by atoms with Crippen LogP contribution in [0.3, 0.4) is 0 Å². The van der Waals surface area contributed by atoms with Gasteiger partial charge in [-0.15, -0.1) is 0 Å². The van der Waals surface area contributed by atoms with Gasteiger partial charge in [0.05, 0.1) is 0 Å². The van der Waals surface area contributed by atoms with Crippen molar-refractivity contribution in [3.05, 3.63) is 18.2 Å². The molecule has 0 bridgehead atoms. The minimum absolute atomic E-state index is 0.345. The molecule has 0 aliphatic heterocycles. The smallest absolute Gasteiger partial charge is 0.240 e. The number of hydrogen-bond donors (Lipinski definition) is 1. The van der Waals surface area contributed by atoms with Gasteiger partial charge in [0, 0.05) is 12.1 Å². The lowest BCUT2D eigenvalue weighted by molar-refractivity contribution is 0.331. The molecule has 0 amide bonds. The molecule has 1 aliphatic carbocycles. The summed E-state index contributed by atoms with van der Waals surface area (Å²) in [6, 6.07) is 1.63. The predicted octanol–water partition coefficient (Wildman–Crippen LogP) is 2.40. The highest BCUT2D eigenvalue weighted by molar-refractivity contribution is 5.45. The van der Waals surface area contributed by atoms with Gasteiger partial charge in [-0.2, -0.15) is 4.98 Å². The Morgan fingerprint density at radius 3 is 2.84 bits per heavy atom. The van der Waals surface area contributed by atoms with Crippen molar-refractivity contribution < 1.29 is 4.52 Å². The first-order valence-electron chi connectivity index (χ1n) is 6.46. The Kier molecular flexibility index (Phi) is 2.73. The Labute approximate surface area is 111 Å². The Morgan fingerprint density at radius 2 is 2.16 bits per heavy atom. The van der Waals surface area contributed by atoms with Crippen LogP contribution in [0.5, 0.6) is 0 Å². The van der Waals surface area contributed by atoms with Gasteiger partial charge in [-0.1, -0.05) is 19.0 Å². The third-order valence-electron chi connectivity index (χ3n) is 3.64. The monoisotopic (exact) mass is 259 g/mol. The fourth-order valence-electron chi connectivity index (χ4n) is 2.62. The van der Waals surface area contributed by atoms with Crippen molar-refractivity contribution in [2.24, 2.45) is 5.41 Å². The number of rotatable bonds is 2. The second-order valence-electron chi connectivity index (χ2n) is 5.87. The van der Waals surface area contributed by atoms with E-state index in [9.17, 15) is 0 Å². The van der Waals surface area contributed by atoms with E-state index in [1.165, 1.54) is 6.42 Å². The third-order valence-corrected chi connectivity index (χ3v) is 3.64. The predicted molar refractivity (Wildman–Crippen MR) is 70.1 cm³/mol. The summed E-state index contributed by atoms with van der Waals surface area (Å²) >= 11 is 0. The van der Waals surface area contributed by atoms with Gasteiger partial charge >= 0.3 is 0 Å². The van der Waals surface area contributed by atoms with Crippen LogP contribution in [0.2, 0.25) is 0 Å². The minimum atomic E-state index is 0.345. The molecule has 6 heteroatoms. The Bertz CT molecular complexity index is 592. The summed E-state index contributed by atoms with van der Waals surface area (Å²) in [5.74, 6) is 2.25. The van der Waals surface area contributed by atoms with Gasteiger partial charge in [0.15, 0.2) is 0 Å². The van der Waals surface area contributed by atoms with Crippen molar-refractivity contribution in [2.75, 3.05) is 5.73 Å². The second-order valence-corrected chi connectivity index (χ2v) is 5.87. The molecule has 1 atom stereocenters. The van der Waals surface area contributed by atoms with E-state index in [-0.39, 0.29) is 0 Å². The molecule has 1 aliphatic rings. The van der Waals surface area contributed by atoms with Crippen molar-refractivity contribution in [1.29, 1.82) is 0 Å². The zero-order valence-corrected chi connectivity index (χ0v) is 11.1. The van der Waals surface area contributed by atoms with Crippen LogP contribution >= 0.6 is 0 Å². The topological polar surface area (TPSA) is 90.7 Å². The van der Waals surface area contributed by atoms with Crippen molar-refractivity contribution in [1.82, 2.24) is 20.1 Å². The van der Waals surface area contributed by atoms with E-state index in [0.717, 1.165) is 12.8 Å². The molecule has 1 unspecified atom stereocenters. The van der Waals surface area contributed by atoms with Crippen molar-refractivity contribution in [3.63, 3.8) is 0 Å². The van der Waals surface area contributed by atoms with Crippen LogP contribution in [0.15, 0.2) is 16.8 Å². The number of anilines is 1. The summed E-state index contributed by atoms with van der Waals surface area (Å²) in [5, 5.41) is 3.95. The maximum Gasteiger partial charge on any atom is 0.240 e. The first-order chi connectivity index (χ1) is 9.03. The van der Waals surface area contributed by atoms with E-state index in [4.69, 9.17) is 10.3 Å². The average Bonchev–Trinajstić information content (AvgIpc) is 2.95. The number of nitrogens with zero attached hydrogens (tertiary/aromatic N) is 4. The van der Waals surface area contributed by atoms with Crippen LogP contribution in [0.25, 0.3) is 11.6 Å². The Hall–Kier alpha value is -1.98. The molecule has 2 N–H and O–H groups in total. The summed E-state index contributed by atoms with van der Waals surface area (Å²) in [7, 11) is 0. The molecule has 19 heavy (non-hydrogen) atoms. The lowest BCUT2D eigenvalue weighted by atomic mass is 9.90. The molecule has 1 fully saturated rings. The second kappa shape index (κ2) is 4.29. The summed E-state index contributed by atoms with van der Waals surface area (Å²) in [6.07, 6.45) is 4.94. The summed E-state index contributed by atoms with van der Waals surface area (Å²) in [6.45, 7) is 4.54. The van der Waals surface area contributed by atoms with Gasteiger partial charge in [-0.25, -0.2) is 9.97 Å². The molecule has 6 nitrogen and oxygen atoms in total. The Balaban J connectivity index is 1.84. The number of nitrogen functional groups attached to an aromatic ring is 1. The zero-order chi connectivity index (χ0) is 13.5. The molecular formula is C13H17N5O. The Morgan fingerprint density at radius 1 is 1.32 bits per heavy atom. The van der Waals surface area contributed by atoms with E-state index >= 15 is 0 Å². The van der Waals surface area contributed by atoms with Crippen LogP contribution in [0.1, 0.15) is 44.9 Å².